The average molecular weight is 268 g/mol. The standard InChI is InChI=1S/C17H36N2/c1-4-5-6-10-13-17(2,15-18)19(3)14-16-11-8-7-9-12-16/h16H,4-15,18H2,1-3H3. The van der Waals surface area contributed by atoms with E-state index in [4.69, 9.17) is 5.73 Å². The van der Waals surface area contributed by atoms with Crippen LogP contribution in [-0.2, 0) is 0 Å². The summed E-state index contributed by atoms with van der Waals surface area (Å²) in [7, 11) is 2.29. The van der Waals surface area contributed by atoms with E-state index in [9.17, 15) is 0 Å². The summed E-state index contributed by atoms with van der Waals surface area (Å²) in [6, 6.07) is 0. The fourth-order valence-corrected chi connectivity index (χ4v) is 3.36. The Morgan fingerprint density at radius 1 is 1.11 bits per heavy atom. The fourth-order valence-electron chi connectivity index (χ4n) is 3.36. The van der Waals surface area contributed by atoms with Crippen molar-refractivity contribution in [3.8, 4) is 0 Å². The molecule has 1 fully saturated rings. The van der Waals surface area contributed by atoms with Crippen molar-refractivity contribution in [2.45, 2.75) is 83.6 Å². The molecule has 0 saturated heterocycles. The number of rotatable bonds is 9. The third-order valence-corrected chi connectivity index (χ3v) is 5.19. The third-order valence-electron chi connectivity index (χ3n) is 5.19. The predicted molar refractivity (Wildman–Crippen MR) is 85.4 cm³/mol. The second-order valence-corrected chi connectivity index (χ2v) is 6.90. The fraction of sp³-hybridized carbons (Fsp3) is 1.00. The van der Waals surface area contributed by atoms with Crippen LogP contribution in [0, 0.1) is 5.92 Å². The van der Waals surface area contributed by atoms with Gasteiger partial charge in [0.1, 0.15) is 0 Å². The van der Waals surface area contributed by atoms with Crippen molar-refractivity contribution < 1.29 is 0 Å². The van der Waals surface area contributed by atoms with Crippen molar-refractivity contribution in [2.24, 2.45) is 11.7 Å². The maximum atomic E-state index is 6.09. The van der Waals surface area contributed by atoms with Crippen LogP contribution in [0.1, 0.15) is 78.1 Å². The molecule has 2 N–H and O–H groups in total. The van der Waals surface area contributed by atoms with E-state index in [1.807, 2.05) is 0 Å². The first kappa shape index (κ1) is 17.0. The second-order valence-electron chi connectivity index (χ2n) is 6.90. The maximum Gasteiger partial charge on any atom is 0.0300 e. The van der Waals surface area contributed by atoms with Gasteiger partial charge in [-0.15, -0.1) is 0 Å². The zero-order chi connectivity index (χ0) is 14.1. The summed E-state index contributed by atoms with van der Waals surface area (Å²) in [6.45, 7) is 6.68. The molecular formula is C17H36N2. The number of nitrogens with two attached hydrogens (primary N) is 1. The average Bonchev–Trinajstić information content (AvgIpc) is 2.44. The van der Waals surface area contributed by atoms with Crippen LogP contribution in [0.15, 0.2) is 0 Å². The van der Waals surface area contributed by atoms with Gasteiger partial charge in [-0.05, 0) is 39.2 Å². The topological polar surface area (TPSA) is 29.3 Å². The van der Waals surface area contributed by atoms with Crippen LogP contribution in [0.5, 0.6) is 0 Å². The normalized spacial score (nSPS) is 20.7. The lowest BCUT2D eigenvalue weighted by molar-refractivity contribution is 0.0997. The molecule has 0 aliphatic heterocycles. The molecule has 1 aliphatic rings. The minimum atomic E-state index is 0.213. The lowest BCUT2D eigenvalue weighted by Gasteiger charge is -2.41. The van der Waals surface area contributed by atoms with Crippen LogP contribution < -0.4 is 5.73 Å². The van der Waals surface area contributed by atoms with Crippen LogP contribution in [0.4, 0.5) is 0 Å². The van der Waals surface area contributed by atoms with Gasteiger partial charge in [-0.2, -0.15) is 0 Å². The maximum absolute atomic E-state index is 6.09. The molecule has 19 heavy (non-hydrogen) atoms. The molecule has 1 rings (SSSR count). The van der Waals surface area contributed by atoms with Crippen LogP contribution in [0.3, 0.4) is 0 Å². The smallest absolute Gasteiger partial charge is 0.0300 e. The highest BCUT2D eigenvalue weighted by Crippen LogP contribution is 2.28. The van der Waals surface area contributed by atoms with Crippen LogP contribution in [0.25, 0.3) is 0 Å². The summed E-state index contributed by atoms with van der Waals surface area (Å²) in [5.41, 5.74) is 6.30. The number of likely N-dealkylation sites (N-methyl/N-ethyl adjacent to an activating group) is 1. The lowest BCUT2D eigenvalue weighted by atomic mass is 9.86. The van der Waals surface area contributed by atoms with E-state index in [1.165, 1.54) is 70.8 Å². The highest BCUT2D eigenvalue weighted by atomic mass is 15.2. The Balaban J connectivity index is 2.36. The van der Waals surface area contributed by atoms with Gasteiger partial charge in [0.2, 0.25) is 0 Å². The first-order valence-corrected chi connectivity index (χ1v) is 8.53. The van der Waals surface area contributed by atoms with Gasteiger partial charge in [-0.25, -0.2) is 0 Å². The Kier molecular flexibility index (Phi) is 8.01. The highest BCUT2D eigenvalue weighted by Gasteiger charge is 2.29. The Morgan fingerprint density at radius 3 is 2.37 bits per heavy atom. The molecule has 1 aliphatic carbocycles. The summed E-state index contributed by atoms with van der Waals surface area (Å²) in [5.74, 6) is 0.917. The van der Waals surface area contributed by atoms with Gasteiger partial charge in [0.25, 0.3) is 0 Å². The van der Waals surface area contributed by atoms with Gasteiger partial charge in [-0.1, -0.05) is 51.9 Å². The first-order valence-electron chi connectivity index (χ1n) is 8.53. The molecule has 2 nitrogen and oxygen atoms in total. The lowest BCUT2D eigenvalue weighted by Crippen LogP contribution is -2.51. The monoisotopic (exact) mass is 268 g/mol. The molecule has 0 aromatic heterocycles. The largest absolute Gasteiger partial charge is 0.329 e. The molecule has 0 spiro atoms. The molecule has 0 aromatic rings. The predicted octanol–water partition coefficient (Wildman–Crippen LogP) is 4.19. The molecule has 0 aromatic carbocycles. The Hall–Kier alpha value is -0.0800. The molecule has 0 bridgehead atoms. The number of unbranched alkanes of at least 4 members (excludes halogenated alkanes) is 3. The summed E-state index contributed by atoms with van der Waals surface area (Å²) in [6.07, 6.45) is 13.8. The van der Waals surface area contributed by atoms with E-state index in [1.54, 1.807) is 0 Å². The summed E-state index contributed by atoms with van der Waals surface area (Å²) in [4.78, 5) is 2.56. The van der Waals surface area contributed by atoms with E-state index in [2.05, 4.69) is 25.8 Å². The second kappa shape index (κ2) is 8.97. The zero-order valence-electron chi connectivity index (χ0n) is 13.6. The molecule has 0 heterocycles. The quantitative estimate of drug-likeness (QED) is 0.635. The number of hydrogen-bond donors (Lipinski definition) is 1. The van der Waals surface area contributed by atoms with Crippen LogP contribution in [-0.4, -0.2) is 30.6 Å². The van der Waals surface area contributed by atoms with Gasteiger partial charge in [0, 0.05) is 18.6 Å². The zero-order valence-corrected chi connectivity index (χ0v) is 13.6. The Morgan fingerprint density at radius 2 is 1.79 bits per heavy atom. The van der Waals surface area contributed by atoms with E-state index in [0.717, 1.165) is 12.5 Å². The first-order chi connectivity index (χ1) is 9.12. The van der Waals surface area contributed by atoms with E-state index < -0.39 is 0 Å². The van der Waals surface area contributed by atoms with Crippen molar-refractivity contribution >= 4 is 0 Å². The molecule has 1 atom stereocenters. The van der Waals surface area contributed by atoms with E-state index >= 15 is 0 Å². The van der Waals surface area contributed by atoms with Gasteiger partial charge in [0.15, 0.2) is 0 Å². The molecule has 1 unspecified atom stereocenters. The molecule has 1 saturated carbocycles. The van der Waals surface area contributed by atoms with Gasteiger partial charge in [-0.3, -0.25) is 4.90 Å². The molecule has 2 heteroatoms. The Labute approximate surface area is 121 Å². The van der Waals surface area contributed by atoms with Crippen molar-refractivity contribution in [1.82, 2.24) is 4.90 Å². The molecule has 114 valence electrons. The minimum absolute atomic E-state index is 0.213. The number of nitrogens with zero attached hydrogens (tertiary/aromatic N) is 1. The van der Waals surface area contributed by atoms with E-state index in [0.29, 0.717) is 0 Å². The molecule has 0 radical (unpaired) electrons. The molecule has 0 amide bonds. The summed E-state index contributed by atoms with van der Waals surface area (Å²) in [5, 5.41) is 0. The van der Waals surface area contributed by atoms with Gasteiger partial charge in [0.05, 0.1) is 0 Å². The SMILES string of the molecule is CCCCCCC(C)(CN)N(C)CC1CCCCC1. The van der Waals surface area contributed by atoms with Crippen LogP contribution in [0.2, 0.25) is 0 Å². The minimum Gasteiger partial charge on any atom is -0.329 e. The van der Waals surface area contributed by atoms with Gasteiger partial charge >= 0.3 is 0 Å². The summed E-state index contributed by atoms with van der Waals surface area (Å²) < 4.78 is 0. The van der Waals surface area contributed by atoms with E-state index in [-0.39, 0.29) is 5.54 Å². The van der Waals surface area contributed by atoms with Crippen LogP contribution >= 0.6 is 0 Å². The number of hydrogen-bond acceptors (Lipinski definition) is 2. The third kappa shape index (κ3) is 5.83. The van der Waals surface area contributed by atoms with Crippen molar-refractivity contribution in [2.75, 3.05) is 20.1 Å². The highest BCUT2D eigenvalue weighted by molar-refractivity contribution is 4.87. The Bertz CT molecular complexity index is 223. The van der Waals surface area contributed by atoms with Crippen molar-refractivity contribution in [3.05, 3.63) is 0 Å². The molecular weight excluding hydrogens is 232 g/mol. The van der Waals surface area contributed by atoms with Crippen molar-refractivity contribution in [3.63, 3.8) is 0 Å². The van der Waals surface area contributed by atoms with Gasteiger partial charge < -0.3 is 5.73 Å². The van der Waals surface area contributed by atoms with Crippen molar-refractivity contribution in [1.29, 1.82) is 0 Å². The summed E-state index contributed by atoms with van der Waals surface area (Å²) >= 11 is 0.